The van der Waals surface area contributed by atoms with Gasteiger partial charge in [0.25, 0.3) is 0 Å². The summed E-state index contributed by atoms with van der Waals surface area (Å²) in [6.07, 6.45) is 11.5. The smallest absolute Gasteiger partial charge is 0.225 e. The van der Waals surface area contributed by atoms with Gasteiger partial charge in [0, 0.05) is 35.7 Å². The molecule has 39 heavy (non-hydrogen) atoms. The van der Waals surface area contributed by atoms with Crippen LogP contribution in [0.2, 0.25) is 0 Å². The Morgan fingerprint density at radius 1 is 0.872 bits per heavy atom. The van der Waals surface area contributed by atoms with E-state index in [2.05, 4.69) is 52.0 Å². The largest absolute Gasteiger partial charge is 0.353 e. The fraction of sp³-hybridized carbons (Fsp3) is 0.424. The molecule has 0 radical (unpaired) electrons. The molecule has 3 aliphatic carbocycles. The Labute approximate surface area is 230 Å². The van der Waals surface area contributed by atoms with Crippen LogP contribution in [0.5, 0.6) is 0 Å². The quantitative estimate of drug-likeness (QED) is 0.330. The number of anilines is 1. The summed E-state index contributed by atoms with van der Waals surface area (Å²) < 4.78 is 0. The van der Waals surface area contributed by atoms with Crippen LogP contribution in [-0.2, 0) is 15.1 Å². The molecule has 2 aromatic carbocycles. The van der Waals surface area contributed by atoms with Crippen LogP contribution < -0.4 is 16.4 Å². The maximum absolute atomic E-state index is 13.0. The van der Waals surface area contributed by atoms with Crippen LogP contribution in [0.15, 0.2) is 66.9 Å². The van der Waals surface area contributed by atoms with Crippen molar-refractivity contribution in [1.29, 1.82) is 0 Å². The van der Waals surface area contributed by atoms with Gasteiger partial charge in [-0.25, -0.2) is 4.98 Å². The van der Waals surface area contributed by atoms with E-state index in [1.54, 1.807) is 0 Å². The third-order valence-corrected chi connectivity index (χ3v) is 8.89. The Balaban J connectivity index is 1.13. The van der Waals surface area contributed by atoms with Crippen LogP contribution in [0.4, 0.5) is 5.82 Å². The lowest BCUT2D eigenvalue weighted by Crippen LogP contribution is -2.43. The number of carbonyl (C=O) groups is 2. The molecule has 6 rings (SSSR count). The minimum Gasteiger partial charge on any atom is -0.353 e. The maximum atomic E-state index is 13.0. The van der Waals surface area contributed by atoms with E-state index in [-0.39, 0.29) is 29.3 Å². The zero-order valence-corrected chi connectivity index (χ0v) is 22.5. The lowest BCUT2D eigenvalue weighted by molar-refractivity contribution is -0.123. The van der Waals surface area contributed by atoms with Gasteiger partial charge in [-0.05, 0) is 92.0 Å². The van der Waals surface area contributed by atoms with Crippen LogP contribution in [0, 0.1) is 11.8 Å². The van der Waals surface area contributed by atoms with Crippen molar-refractivity contribution < 1.29 is 9.59 Å². The Hall–Kier alpha value is -3.51. The molecule has 3 aromatic rings. The van der Waals surface area contributed by atoms with Gasteiger partial charge < -0.3 is 16.4 Å². The molecule has 0 saturated heterocycles. The predicted molar refractivity (Wildman–Crippen MR) is 155 cm³/mol. The molecule has 0 spiro atoms. The first kappa shape index (κ1) is 25.8. The number of pyridine rings is 1. The van der Waals surface area contributed by atoms with Crippen molar-refractivity contribution in [3.8, 4) is 22.3 Å². The fourth-order valence-corrected chi connectivity index (χ4v) is 6.07. The van der Waals surface area contributed by atoms with Crippen molar-refractivity contribution in [2.45, 2.75) is 75.8 Å². The number of hydrogen-bond donors (Lipinski definition) is 3. The summed E-state index contributed by atoms with van der Waals surface area (Å²) in [6, 6.07) is 21.0. The molecule has 6 nitrogen and oxygen atoms in total. The Morgan fingerprint density at radius 3 is 2.21 bits per heavy atom. The van der Waals surface area contributed by atoms with Crippen LogP contribution in [0.1, 0.15) is 69.8 Å². The maximum Gasteiger partial charge on any atom is 0.225 e. The van der Waals surface area contributed by atoms with Crippen molar-refractivity contribution in [2.75, 3.05) is 5.32 Å². The van der Waals surface area contributed by atoms with Crippen LogP contribution >= 0.6 is 0 Å². The van der Waals surface area contributed by atoms with Crippen molar-refractivity contribution >= 4 is 17.6 Å². The second kappa shape index (κ2) is 10.9. The predicted octanol–water partition coefficient (Wildman–Crippen LogP) is 6.17. The Morgan fingerprint density at radius 2 is 1.56 bits per heavy atom. The normalized spacial score (nSPS) is 22.0. The molecule has 0 atom stereocenters. The molecule has 0 bridgehead atoms. The van der Waals surface area contributed by atoms with Gasteiger partial charge in [0.2, 0.25) is 11.8 Å². The van der Waals surface area contributed by atoms with E-state index < -0.39 is 0 Å². The van der Waals surface area contributed by atoms with Gasteiger partial charge in [-0.2, -0.15) is 0 Å². The summed E-state index contributed by atoms with van der Waals surface area (Å²) in [4.78, 5) is 29.7. The number of aromatic nitrogens is 1. The highest BCUT2D eigenvalue weighted by Crippen LogP contribution is 2.40. The summed E-state index contributed by atoms with van der Waals surface area (Å²) >= 11 is 0. The van der Waals surface area contributed by atoms with Crippen LogP contribution in [0.25, 0.3) is 22.3 Å². The van der Waals surface area contributed by atoms with E-state index in [1.807, 2.05) is 30.5 Å². The first-order valence-corrected chi connectivity index (χ1v) is 14.5. The van der Waals surface area contributed by atoms with Gasteiger partial charge in [0.15, 0.2) is 0 Å². The summed E-state index contributed by atoms with van der Waals surface area (Å²) in [5.41, 5.74) is 11.8. The number of carbonyl (C=O) groups excluding carboxylic acids is 2. The third kappa shape index (κ3) is 5.91. The number of nitrogens with one attached hydrogen (secondary N) is 2. The third-order valence-electron chi connectivity index (χ3n) is 8.89. The minimum atomic E-state index is -0.184. The lowest BCUT2D eigenvalue weighted by Gasteiger charge is -2.38. The second-order valence-electron chi connectivity index (χ2n) is 11.8. The highest BCUT2D eigenvalue weighted by Gasteiger charge is 2.34. The van der Waals surface area contributed by atoms with Crippen molar-refractivity contribution in [3.05, 3.63) is 72.4 Å². The van der Waals surface area contributed by atoms with E-state index in [0.717, 1.165) is 73.6 Å². The molecule has 202 valence electrons. The molecule has 2 amide bonds. The average molecular weight is 523 g/mol. The Kier molecular flexibility index (Phi) is 7.22. The van der Waals surface area contributed by atoms with E-state index in [4.69, 9.17) is 5.73 Å². The molecule has 1 aromatic heterocycles. The molecule has 3 aliphatic rings. The SMILES string of the molecule is NC1(c2ccc(-c3cnc(NC(=O)C[C@H]4CC[C@H](NC(=O)C5CC5)CC4)cc3-c3ccccc3)cc2)CCC1. The number of nitrogens with two attached hydrogens (primary N) is 1. The van der Waals surface area contributed by atoms with Crippen molar-refractivity contribution in [1.82, 2.24) is 10.3 Å². The van der Waals surface area contributed by atoms with Crippen LogP contribution in [-0.4, -0.2) is 22.8 Å². The van der Waals surface area contributed by atoms with Crippen molar-refractivity contribution in [3.63, 3.8) is 0 Å². The molecule has 3 saturated carbocycles. The van der Waals surface area contributed by atoms with E-state index in [9.17, 15) is 9.59 Å². The monoisotopic (exact) mass is 522 g/mol. The highest BCUT2D eigenvalue weighted by atomic mass is 16.2. The van der Waals surface area contributed by atoms with E-state index in [1.165, 1.54) is 12.0 Å². The van der Waals surface area contributed by atoms with E-state index in [0.29, 0.717) is 18.2 Å². The molecule has 1 heterocycles. The summed E-state index contributed by atoms with van der Waals surface area (Å²) in [5.74, 6) is 1.38. The molecular formula is C33H38N4O2. The number of benzene rings is 2. The van der Waals surface area contributed by atoms with Gasteiger partial charge >= 0.3 is 0 Å². The van der Waals surface area contributed by atoms with E-state index >= 15 is 0 Å². The topological polar surface area (TPSA) is 97.1 Å². The first-order valence-electron chi connectivity index (χ1n) is 14.5. The zero-order chi connectivity index (χ0) is 26.8. The molecule has 0 aliphatic heterocycles. The van der Waals surface area contributed by atoms with Gasteiger partial charge in [-0.3, -0.25) is 9.59 Å². The minimum absolute atomic E-state index is 0.00202. The Bertz CT molecular complexity index is 1320. The molecule has 4 N–H and O–H groups in total. The highest BCUT2D eigenvalue weighted by molar-refractivity contribution is 5.92. The molecule has 6 heteroatoms. The average Bonchev–Trinajstić information content (AvgIpc) is 3.79. The number of rotatable bonds is 8. The molecular weight excluding hydrogens is 484 g/mol. The summed E-state index contributed by atoms with van der Waals surface area (Å²) in [7, 11) is 0. The van der Waals surface area contributed by atoms with Gasteiger partial charge in [0.05, 0.1) is 0 Å². The van der Waals surface area contributed by atoms with Crippen LogP contribution in [0.3, 0.4) is 0 Å². The number of nitrogens with zero attached hydrogens (tertiary/aromatic N) is 1. The molecule has 0 unspecified atom stereocenters. The van der Waals surface area contributed by atoms with Gasteiger partial charge in [-0.15, -0.1) is 0 Å². The van der Waals surface area contributed by atoms with Gasteiger partial charge in [-0.1, -0.05) is 54.6 Å². The summed E-state index contributed by atoms with van der Waals surface area (Å²) in [6.45, 7) is 0. The lowest BCUT2D eigenvalue weighted by atomic mass is 9.72. The standard InChI is InChI=1S/C33H38N4O2/c34-33(17-4-18-33)26-13-11-24(12-14-26)29-21-35-30(20-28(29)23-5-2-1-3-6-23)37-31(38)19-22-7-15-27(16-8-22)36-32(39)25-9-10-25/h1-3,5-6,11-14,20-22,25,27H,4,7-10,15-19,34H2,(H,36,39)(H,35,37,38)/t22-,27-. The second-order valence-corrected chi connectivity index (χ2v) is 11.8. The number of amides is 2. The first-order chi connectivity index (χ1) is 19.0. The summed E-state index contributed by atoms with van der Waals surface area (Å²) in [5, 5.41) is 6.25. The zero-order valence-electron chi connectivity index (χ0n) is 22.5. The number of hydrogen-bond acceptors (Lipinski definition) is 4. The van der Waals surface area contributed by atoms with Gasteiger partial charge in [0.1, 0.15) is 5.82 Å². The fourth-order valence-electron chi connectivity index (χ4n) is 6.07. The molecule has 3 fully saturated rings. The van der Waals surface area contributed by atoms with Crippen molar-refractivity contribution in [2.24, 2.45) is 17.6 Å².